The average Bonchev–Trinajstić information content (AvgIpc) is 2.63. The summed E-state index contributed by atoms with van der Waals surface area (Å²) in [4.78, 5) is 27.4. The second-order valence-electron chi connectivity index (χ2n) is 5.85. The van der Waals surface area contributed by atoms with Gasteiger partial charge in [-0.1, -0.05) is 25.7 Å². The van der Waals surface area contributed by atoms with Crippen LogP contribution in [0.4, 0.5) is 0 Å². The summed E-state index contributed by atoms with van der Waals surface area (Å²) in [6, 6.07) is 0. The summed E-state index contributed by atoms with van der Waals surface area (Å²) in [7, 11) is 5.10. The van der Waals surface area contributed by atoms with Crippen molar-refractivity contribution in [1.82, 2.24) is 9.80 Å². The van der Waals surface area contributed by atoms with Crippen molar-refractivity contribution < 1.29 is 9.59 Å². The van der Waals surface area contributed by atoms with Crippen molar-refractivity contribution in [1.29, 1.82) is 0 Å². The molecule has 1 fully saturated rings. The predicted molar refractivity (Wildman–Crippen MR) is 75.5 cm³/mol. The maximum atomic E-state index is 12.6. The number of carbonyl (C=O) groups is 2. The Labute approximate surface area is 116 Å². The summed E-state index contributed by atoms with van der Waals surface area (Å²) >= 11 is 0. The summed E-state index contributed by atoms with van der Waals surface area (Å²) in [5, 5.41) is 0. The molecule has 1 aliphatic carbocycles. The van der Waals surface area contributed by atoms with Gasteiger partial charge in [0.15, 0.2) is 0 Å². The molecule has 0 aromatic carbocycles. The largest absolute Gasteiger partial charge is 0.347 e. The number of nitrogens with two attached hydrogens (primary N) is 1. The molecule has 2 N–H and O–H groups in total. The van der Waals surface area contributed by atoms with Crippen molar-refractivity contribution in [3.63, 3.8) is 0 Å². The van der Waals surface area contributed by atoms with Gasteiger partial charge in [0.05, 0.1) is 12.0 Å². The summed E-state index contributed by atoms with van der Waals surface area (Å²) in [6.45, 7) is 0.514. The van der Waals surface area contributed by atoms with Gasteiger partial charge < -0.3 is 15.5 Å². The molecule has 5 nitrogen and oxygen atoms in total. The van der Waals surface area contributed by atoms with Gasteiger partial charge in [-0.3, -0.25) is 9.59 Å². The van der Waals surface area contributed by atoms with E-state index < -0.39 is 5.41 Å². The molecule has 0 aromatic heterocycles. The van der Waals surface area contributed by atoms with Gasteiger partial charge in [-0.25, -0.2) is 0 Å². The van der Waals surface area contributed by atoms with Gasteiger partial charge in [0.2, 0.25) is 11.8 Å². The van der Waals surface area contributed by atoms with Crippen LogP contribution in [0.1, 0.15) is 38.5 Å². The molecule has 1 rings (SSSR count). The minimum atomic E-state index is -0.447. The zero-order valence-electron chi connectivity index (χ0n) is 12.4. The number of nitrogens with zero attached hydrogens (tertiary/aromatic N) is 2. The van der Waals surface area contributed by atoms with Gasteiger partial charge in [0, 0.05) is 27.7 Å². The van der Waals surface area contributed by atoms with Crippen LogP contribution < -0.4 is 5.73 Å². The maximum Gasteiger partial charge on any atom is 0.241 e. The highest BCUT2D eigenvalue weighted by Crippen LogP contribution is 2.35. The number of carbonyl (C=O) groups excluding carboxylic acids is 2. The number of hydrogen-bond donors (Lipinski definition) is 1. The van der Waals surface area contributed by atoms with Crippen LogP contribution in [0.5, 0.6) is 0 Å². The fourth-order valence-electron chi connectivity index (χ4n) is 2.73. The zero-order valence-corrected chi connectivity index (χ0v) is 12.4. The fourth-order valence-corrected chi connectivity index (χ4v) is 2.73. The lowest BCUT2D eigenvalue weighted by Gasteiger charge is -2.34. The Hall–Kier alpha value is -1.10. The lowest BCUT2D eigenvalue weighted by Crippen LogP contribution is -2.49. The summed E-state index contributed by atoms with van der Waals surface area (Å²) in [5.41, 5.74) is 5.45. The van der Waals surface area contributed by atoms with E-state index in [2.05, 4.69) is 0 Å². The third kappa shape index (κ3) is 3.93. The molecule has 0 heterocycles. The molecule has 1 aliphatic rings. The lowest BCUT2D eigenvalue weighted by atomic mass is 9.79. The van der Waals surface area contributed by atoms with Crippen LogP contribution in [-0.2, 0) is 9.59 Å². The normalized spacial score (nSPS) is 18.5. The topological polar surface area (TPSA) is 66.6 Å². The van der Waals surface area contributed by atoms with Crippen LogP contribution in [0.2, 0.25) is 0 Å². The number of hydrogen-bond acceptors (Lipinski definition) is 3. The monoisotopic (exact) mass is 269 g/mol. The first-order valence-corrected chi connectivity index (χ1v) is 7.09. The first kappa shape index (κ1) is 16.0. The summed E-state index contributed by atoms with van der Waals surface area (Å²) < 4.78 is 0. The predicted octanol–water partition coefficient (Wildman–Crippen LogP) is 0.832. The van der Waals surface area contributed by atoms with Crippen LogP contribution in [0.15, 0.2) is 0 Å². The second kappa shape index (κ2) is 6.89. The molecule has 0 bridgehead atoms. The standard InChI is InChI=1S/C14H27N3O2/c1-16(2)12(18)10-17(3)13(19)14(11-15)8-6-4-5-7-9-14/h4-11,15H2,1-3H3. The first-order valence-electron chi connectivity index (χ1n) is 7.09. The van der Waals surface area contributed by atoms with Crippen LogP contribution >= 0.6 is 0 Å². The molecule has 110 valence electrons. The van der Waals surface area contributed by atoms with Crippen LogP contribution in [0, 0.1) is 5.41 Å². The van der Waals surface area contributed by atoms with E-state index in [0.717, 1.165) is 25.7 Å². The highest BCUT2D eigenvalue weighted by molar-refractivity contribution is 5.87. The van der Waals surface area contributed by atoms with Gasteiger partial charge in [-0.05, 0) is 12.8 Å². The van der Waals surface area contributed by atoms with Crippen LogP contribution in [-0.4, -0.2) is 55.8 Å². The number of rotatable bonds is 4. The fraction of sp³-hybridized carbons (Fsp3) is 0.857. The zero-order chi connectivity index (χ0) is 14.5. The SMILES string of the molecule is CN(C)C(=O)CN(C)C(=O)C1(CN)CCCCCC1. The number of amides is 2. The van der Waals surface area contributed by atoms with Crippen molar-refractivity contribution in [2.45, 2.75) is 38.5 Å². The third-order valence-corrected chi connectivity index (χ3v) is 4.12. The average molecular weight is 269 g/mol. The van der Waals surface area contributed by atoms with E-state index in [0.29, 0.717) is 6.54 Å². The van der Waals surface area contributed by atoms with Crippen molar-refractivity contribution in [3.05, 3.63) is 0 Å². The maximum absolute atomic E-state index is 12.6. The molecule has 0 saturated heterocycles. The first-order chi connectivity index (χ1) is 8.93. The molecule has 0 aliphatic heterocycles. The smallest absolute Gasteiger partial charge is 0.241 e. The van der Waals surface area contributed by atoms with Crippen molar-refractivity contribution in [2.24, 2.45) is 11.1 Å². The van der Waals surface area contributed by atoms with Gasteiger partial charge in [-0.15, -0.1) is 0 Å². The molecule has 1 saturated carbocycles. The Morgan fingerprint density at radius 3 is 2.00 bits per heavy atom. The molecule has 0 atom stereocenters. The van der Waals surface area contributed by atoms with Crippen molar-refractivity contribution in [3.8, 4) is 0 Å². The highest BCUT2D eigenvalue weighted by Gasteiger charge is 2.39. The molecule has 0 spiro atoms. The van der Waals surface area contributed by atoms with Gasteiger partial charge in [-0.2, -0.15) is 0 Å². The van der Waals surface area contributed by atoms with Crippen LogP contribution in [0.3, 0.4) is 0 Å². The minimum Gasteiger partial charge on any atom is -0.347 e. The van der Waals surface area contributed by atoms with Crippen LogP contribution in [0.25, 0.3) is 0 Å². The Balaban J connectivity index is 2.74. The van der Waals surface area contributed by atoms with Crippen molar-refractivity contribution in [2.75, 3.05) is 34.2 Å². The van der Waals surface area contributed by atoms with E-state index >= 15 is 0 Å². The van der Waals surface area contributed by atoms with E-state index in [9.17, 15) is 9.59 Å². The Morgan fingerprint density at radius 1 is 1.05 bits per heavy atom. The van der Waals surface area contributed by atoms with Gasteiger partial charge >= 0.3 is 0 Å². The summed E-state index contributed by atoms with van der Waals surface area (Å²) in [6.07, 6.45) is 6.16. The molecule has 5 heteroatoms. The van der Waals surface area contributed by atoms with E-state index in [1.165, 1.54) is 17.7 Å². The molecule has 0 unspecified atom stereocenters. The van der Waals surface area contributed by atoms with Gasteiger partial charge in [0.1, 0.15) is 0 Å². The van der Waals surface area contributed by atoms with E-state index in [1.807, 2.05) is 0 Å². The molecule has 0 aromatic rings. The Morgan fingerprint density at radius 2 is 1.58 bits per heavy atom. The molecular weight excluding hydrogens is 242 g/mol. The van der Waals surface area contributed by atoms with Crippen molar-refractivity contribution >= 4 is 11.8 Å². The summed E-state index contributed by atoms with van der Waals surface area (Å²) in [5.74, 6) is -0.0243. The van der Waals surface area contributed by atoms with Gasteiger partial charge in [0.25, 0.3) is 0 Å². The Kier molecular flexibility index (Phi) is 5.79. The van der Waals surface area contributed by atoms with E-state index in [1.54, 1.807) is 26.0 Å². The second-order valence-corrected chi connectivity index (χ2v) is 5.85. The third-order valence-electron chi connectivity index (χ3n) is 4.12. The molecule has 0 radical (unpaired) electrons. The molecular formula is C14H27N3O2. The molecule has 2 amide bonds. The highest BCUT2D eigenvalue weighted by atomic mass is 16.2. The minimum absolute atomic E-state index is 0.0344. The van der Waals surface area contributed by atoms with E-state index in [4.69, 9.17) is 5.73 Å². The lowest BCUT2D eigenvalue weighted by molar-refractivity contribution is -0.145. The molecule has 19 heavy (non-hydrogen) atoms. The number of likely N-dealkylation sites (N-methyl/N-ethyl adjacent to an activating group) is 2. The quantitative estimate of drug-likeness (QED) is 0.769. The van der Waals surface area contributed by atoms with E-state index in [-0.39, 0.29) is 18.4 Å². The Bertz CT molecular complexity index is 321.